The number of aliphatic hydroxyl groups is 2. The molecule has 5 heteroatoms. The standard InChI is InChI=1S/C9H13NO2.C9H13N.ClH/c1-5-3-7(10)4-6(2)8(5)9(11)12;1-6-4-9(10)5-7(2)8(6)3;/h3-4,9,11-12H,10H2,1-2H3;4-5H,10H2,1-3H3;1H. The van der Waals surface area contributed by atoms with E-state index >= 15 is 0 Å². The van der Waals surface area contributed by atoms with Gasteiger partial charge in [0, 0.05) is 16.9 Å². The molecular weight excluding hydrogens is 312 g/mol. The molecule has 0 saturated heterocycles. The Morgan fingerprint density at radius 3 is 1.30 bits per heavy atom. The predicted octanol–water partition coefficient (Wildman–Crippen LogP) is 3.48. The fourth-order valence-corrected chi connectivity index (χ4v) is 2.48. The number of nitrogen functional groups attached to an aromatic ring is 2. The zero-order valence-corrected chi connectivity index (χ0v) is 15.2. The quantitative estimate of drug-likeness (QED) is 0.473. The van der Waals surface area contributed by atoms with E-state index in [9.17, 15) is 0 Å². The highest BCUT2D eigenvalue weighted by atomic mass is 35.5. The molecule has 128 valence electrons. The molecule has 0 spiro atoms. The maximum atomic E-state index is 8.99. The highest BCUT2D eigenvalue weighted by Crippen LogP contribution is 2.22. The largest absolute Gasteiger partial charge is 0.399 e. The molecule has 0 unspecified atom stereocenters. The fraction of sp³-hybridized carbons (Fsp3) is 0.333. The van der Waals surface area contributed by atoms with Gasteiger partial charge in [-0.15, -0.1) is 12.4 Å². The van der Waals surface area contributed by atoms with Crippen molar-refractivity contribution in [3.05, 3.63) is 57.6 Å². The van der Waals surface area contributed by atoms with Crippen LogP contribution < -0.4 is 11.5 Å². The summed E-state index contributed by atoms with van der Waals surface area (Å²) in [6, 6.07) is 7.45. The van der Waals surface area contributed by atoms with Crippen LogP contribution in [0.2, 0.25) is 0 Å². The molecule has 4 nitrogen and oxygen atoms in total. The van der Waals surface area contributed by atoms with Crippen LogP contribution in [0.15, 0.2) is 24.3 Å². The number of benzene rings is 2. The number of hydrogen-bond acceptors (Lipinski definition) is 4. The Morgan fingerprint density at radius 2 is 1.00 bits per heavy atom. The molecule has 0 atom stereocenters. The molecule has 2 rings (SSSR count). The average molecular weight is 339 g/mol. The van der Waals surface area contributed by atoms with Gasteiger partial charge in [0.25, 0.3) is 0 Å². The number of aryl methyl sites for hydroxylation is 4. The van der Waals surface area contributed by atoms with Gasteiger partial charge in [0.2, 0.25) is 0 Å². The van der Waals surface area contributed by atoms with Crippen LogP contribution in [-0.2, 0) is 0 Å². The topological polar surface area (TPSA) is 92.5 Å². The highest BCUT2D eigenvalue weighted by Gasteiger charge is 2.09. The highest BCUT2D eigenvalue weighted by molar-refractivity contribution is 5.85. The van der Waals surface area contributed by atoms with Gasteiger partial charge >= 0.3 is 0 Å². The summed E-state index contributed by atoms with van der Waals surface area (Å²) in [5.41, 5.74) is 18.8. The fourth-order valence-electron chi connectivity index (χ4n) is 2.48. The van der Waals surface area contributed by atoms with E-state index in [1.54, 1.807) is 26.0 Å². The summed E-state index contributed by atoms with van der Waals surface area (Å²) in [5.74, 6) is 0. The molecular formula is C18H27ClN2O2. The minimum absolute atomic E-state index is 0. The molecule has 6 N–H and O–H groups in total. The second-order valence-corrected chi connectivity index (χ2v) is 5.72. The van der Waals surface area contributed by atoms with Gasteiger partial charge in [-0.3, -0.25) is 0 Å². The molecule has 0 bridgehead atoms. The Bertz CT molecular complexity index is 624. The molecule has 0 saturated carbocycles. The summed E-state index contributed by atoms with van der Waals surface area (Å²) < 4.78 is 0. The van der Waals surface area contributed by atoms with E-state index in [4.69, 9.17) is 21.7 Å². The monoisotopic (exact) mass is 338 g/mol. The Kier molecular flexibility index (Phi) is 8.10. The SMILES string of the molecule is Cc1cc(N)cc(C)c1C.Cc1cc(N)cc(C)c1C(O)O.Cl. The molecule has 23 heavy (non-hydrogen) atoms. The van der Waals surface area contributed by atoms with Crippen LogP contribution in [-0.4, -0.2) is 10.2 Å². The van der Waals surface area contributed by atoms with E-state index in [0.717, 1.165) is 16.8 Å². The third-order valence-corrected chi connectivity index (χ3v) is 3.82. The molecule has 2 aromatic rings. The van der Waals surface area contributed by atoms with Crippen LogP contribution >= 0.6 is 12.4 Å². The third kappa shape index (κ3) is 5.75. The molecule has 0 aliphatic heterocycles. The van der Waals surface area contributed by atoms with Crippen molar-refractivity contribution in [1.29, 1.82) is 0 Å². The first-order valence-corrected chi connectivity index (χ1v) is 7.19. The normalized spacial score (nSPS) is 9.91. The number of nitrogens with two attached hydrogens (primary N) is 2. The molecule has 0 heterocycles. The lowest BCUT2D eigenvalue weighted by Crippen LogP contribution is -2.02. The molecule has 0 fully saturated rings. The summed E-state index contributed by atoms with van der Waals surface area (Å²) >= 11 is 0. The van der Waals surface area contributed by atoms with Gasteiger partial charge in [0.15, 0.2) is 6.29 Å². The number of anilines is 2. The van der Waals surface area contributed by atoms with Crippen molar-refractivity contribution in [1.82, 2.24) is 0 Å². The number of rotatable bonds is 1. The number of hydrogen-bond donors (Lipinski definition) is 4. The lowest BCUT2D eigenvalue weighted by molar-refractivity contribution is -0.0433. The Balaban J connectivity index is 0.000000409. The molecule has 0 amide bonds. The first-order valence-electron chi connectivity index (χ1n) is 7.19. The predicted molar refractivity (Wildman–Crippen MR) is 99.8 cm³/mol. The van der Waals surface area contributed by atoms with E-state index in [2.05, 4.69) is 20.8 Å². The van der Waals surface area contributed by atoms with Crippen LogP contribution in [0.1, 0.15) is 39.7 Å². The molecule has 2 aromatic carbocycles. The summed E-state index contributed by atoms with van der Waals surface area (Å²) in [5, 5.41) is 18.0. The van der Waals surface area contributed by atoms with Crippen LogP contribution in [0.5, 0.6) is 0 Å². The minimum atomic E-state index is -1.41. The lowest BCUT2D eigenvalue weighted by atomic mass is 10.0. The van der Waals surface area contributed by atoms with E-state index < -0.39 is 6.29 Å². The molecule has 0 aromatic heterocycles. The first-order chi connectivity index (χ1) is 10.1. The lowest BCUT2D eigenvalue weighted by Gasteiger charge is -2.12. The van der Waals surface area contributed by atoms with Crippen molar-refractivity contribution >= 4 is 23.8 Å². The van der Waals surface area contributed by atoms with E-state index in [0.29, 0.717) is 11.3 Å². The minimum Gasteiger partial charge on any atom is -0.399 e. The second kappa shape index (κ2) is 8.77. The summed E-state index contributed by atoms with van der Waals surface area (Å²) in [4.78, 5) is 0. The van der Waals surface area contributed by atoms with Crippen LogP contribution in [0.25, 0.3) is 0 Å². The molecule has 0 radical (unpaired) electrons. The van der Waals surface area contributed by atoms with Gasteiger partial charge in [0.05, 0.1) is 0 Å². The van der Waals surface area contributed by atoms with E-state index in [-0.39, 0.29) is 12.4 Å². The Labute approximate surface area is 144 Å². The first kappa shape index (κ1) is 21.2. The number of aliphatic hydroxyl groups excluding tert-OH is 1. The van der Waals surface area contributed by atoms with E-state index in [1.807, 2.05) is 12.1 Å². The van der Waals surface area contributed by atoms with Crippen molar-refractivity contribution < 1.29 is 10.2 Å². The summed E-state index contributed by atoms with van der Waals surface area (Å²) in [6.45, 7) is 9.89. The molecule has 0 aliphatic rings. The van der Waals surface area contributed by atoms with Crippen molar-refractivity contribution in [2.45, 2.75) is 40.9 Å². The van der Waals surface area contributed by atoms with E-state index in [1.165, 1.54) is 16.7 Å². The van der Waals surface area contributed by atoms with Gasteiger partial charge in [-0.1, -0.05) is 0 Å². The Hall–Kier alpha value is -1.75. The van der Waals surface area contributed by atoms with Crippen molar-refractivity contribution in [3.8, 4) is 0 Å². The van der Waals surface area contributed by atoms with Crippen molar-refractivity contribution in [2.24, 2.45) is 0 Å². The van der Waals surface area contributed by atoms with Crippen LogP contribution in [0, 0.1) is 34.6 Å². The second-order valence-electron chi connectivity index (χ2n) is 5.72. The summed E-state index contributed by atoms with van der Waals surface area (Å²) in [6.07, 6.45) is -1.41. The zero-order chi connectivity index (χ0) is 17.0. The Morgan fingerprint density at radius 1 is 0.696 bits per heavy atom. The molecule has 0 aliphatic carbocycles. The van der Waals surface area contributed by atoms with Gasteiger partial charge in [-0.25, -0.2) is 0 Å². The average Bonchev–Trinajstić information content (AvgIpc) is 2.34. The zero-order valence-electron chi connectivity index (χ0n) is 14.3. The van der Waals surface area contributed by atoms with Crippen LogP contribution in [0.4, 0.5) is 11.4 Å². The maximum absolute atomic E-state index is 8.99. The van der Waals surface area contributed by atoms with Gasteiger partial charge in [-0.2, -0.15) is 0 Å². The van der Waals surface area contributed by atoms with Gasteiger partial charge in [0.1, 0.15) is 0 Å². The number of halogens is 1. The van der Waals surface area contributed by atoms with Crippen molar-refractivity contribution in [2.75, 3.05) is 11.5 Å². The van der Waals surface area contributed by atoms with Crippen molar-refractivity contribution in [3.63, 3.8) is 0 Å². The summed E-state index contributed by atoms with van der Waals surface area (Å²) in [7, 11) is 0. The van der Waals surface area contributed by atoms with Crippen LogP contribution in [0.3, 0.4) is 0 Å². The third-order valence-electron chi connectivity index (χ3n) is 3.82. The maximum Gasteiger partial charge on any atom is 0.178 e. The van der Waals surface area contributed by atoms with Gasteiger partial charge < -0.3 is 21.7 Å². The van der Waals surface area contributed by atoms with Gasteiger partial charge in [-0.05, 0) is 86.7 Å². The smallest absolute Gasteiger partial charge is 0.178 e.